The molecule has 1 N–H and O–H groups in total. The van der Waals surface area contributed by atoms with Crippen LogP contribution in [0.25, 0.3) is 0 Å². The SMILES string of the molecule is C.CNC(=O)C(CCC=O)N(C=O)C(=O)c1ccc(N2CCN(C(C)C(C)C(=O)OC(C)(C)C)CC2)cc1C. The van der Waals surface area contributed by atoms with Gasteiger partial charge in [0.15, 0.2) is 0 Å². The molecule has 1 aromatic carbocycles. The van der Waals surface area contributed by atoms with Gasteiger partial charge in [-0.3, -0.25) is 29.0 Å². The minimum Gasteiger partial charge on any atom is -0.460 e. The fourth-order valence-corrected chi connectivity index (χ4v) is 4.57. The molecular weight excluding hydrogens is 500 g/mol. The van der Waals surface area contributed by atoms with Crippen LogP contribution in [0.3, 0.4) is 0 Å². The van der Waals surface area contributed by atoms with E-state index in [-0.39, 0.29) is 38.2 Å². The van der Waals surface area contributed by atoms with Gasteiger partial charge < -0.3 is 19.7 Å². The van der Waals surface area contributed by atoms with E-state index < -0.39 is 23.5 Å². The van der Waals surface area contributed by atoms with Gasteiger partial charge in [0.1, 0.15) is 17.9 Å². The van der Waals surface area contributed by atoms with Crippen molar-refractivity contribution in [1.29, 1.82) is 0 Å². The number of likely N-dealkylation sites (N-methyl/N-ethyl adjacent to an activating group) is 1. The highest BCUT2D eigenvalue weighted by molar-refractivity contribution is 6.04. The highest BCUT2D eigenvalue weighted by Gasteiger charge is 2.32. The number of ether oxygens (including phenoxy) is 1. The summed E-state index contributed by atoms with van der Waals surface area (Å²) in [4.78, 5) is 66.0. The molecule has 1 aromatic rings. The molecule has 1 fully saturated rings. The lowest BCUT2D eigenvalue weighted by Crippen LogP contribution is -2.52. The Bertz CT molecular complexity index is 1010. The van der Waals surface area contributed by atoms with Gasteiger partial charge in [-0.2, -0.15) is 0 Å². The van der Waals surface area contributed by atoms with Crippen LogP contribution < -0.4 is 10.2 Å². The molecule has 2 rings (SSSR count). The second-order valence-corrected chi connectivity index (χ2v) is 10.8. The predicted molar refractivity (Wildman–Crippen MR) is 152 cm³/mol. The number of amides is 3. The lowest BCUT2D eigenvalue weighted by atomic mass is 10.0. The lowest BCUT2D eigenvalue weighted by Gasteiger charge is -2.41. The minimum absolute atomic E-state index is 0. The largest absolute Gasteiger partial charge is 0.460 e. The number of nitrogens with one attached hydrogen (secondary N) is 1. The summed E-state index contributed by atoms with van der Waals surface area (Å²) in [6, 6.07) is 4.39. The number of carbonyl (C=O) groups is 5. The minimum atomic E-state index is -1.06. The van der Waals surface area contributed by atoms with Crippen LogP contribution in [-0.4, -0.2) is 91.2 Å². The zero-order chi connectivity index (χ0) is 28.6. The summed E-state index contributed by atoms with van der Waals surface area (Å²) in [7, 11) is 1.42. The fraction of sp³-hybridized carbons (Fsp3) is 0.621. The van der Waals surface area contributed by atoms with E-state index in [1.807, 2.05) is 39.8 Å². The van der Waals surface area contributed by atoms with Crippen molar-refractivity contribution in [2.45, 2.75) is 79.5 Å². The van der Waals surface area contributed by atoms with Crippen molar-refractivity contribution in [2.24, 2.45) is 5.92 Å². The first-order chi connectivity index (χ1) is 17.8. The zero-order valence-electron chi connectivity index (χ0n) is 23.7. The molecule has 0 bridgehead atoms. The average Bonchev–Trinajstić information content (AvgIpc) is 2.88. The zero-order valence-corrected chi connectivity index (χ0v) is 23.7. The number of esters is 1. The molecule has 0 aromatic heterocycles. The van der Waals surface area contributed by atoms with Crippen LogP contribution in [0.15, 0.2) is 18.2 Å². The fourth-order valence-electron chi connectivity index (χ4n) is 4.57. The molecule has 0 radical (unpaired) electrons. The number of hydrogen-bond donors (Lipinski definition) is 1. The number of piperazine rings is 1. The normalized spacial score (nSPS) is 16.2. The molecule has 3 amide bonds. The summed E-state index contributed by atoms with van der Waals surface area (Å²) in [5.74, 6) is -1.54. The molecule has 1 heterocycles. The van der Waals surface area contributed by atoms with Crippen LogP contribution in [0.1, 0.15) is 70.8 Å². The molecule has 0 spiro atoms. The monoisotopic (exact) mass is 546 g/mol. The molecule has 0 aliphatic carbocycles. The highest BCUT2D eigenvalue weighted by Crippen LogP contribution is 2.24. The Kier molecular flexibility index (Phi) is 12.8. The molecule has 218 valence electrons. The second-order valence-electron chi connectivity index (χ2n) is 10.8. The van der Waals surface area contributed by atoms with Gasteiger partial charge in [-0.05, 0) is 64.8 Å². The second kappa shape index (κ2) is 14.8. The third-order valence-electron chi connectivity index (χ3n) is 6.99. The molecule has 1 aliphatic rings. The van der Waals surface area contributed by atoms with E-state index in [9.17, 15) is 24.0 Å². The Labute approximate surface area is 233 Å². The maximum Gasteiger partial charge on any atom is 0.310 e. The summed E-state index contributed by atoms with van der Waals surface area (Å²) in [6.45, 7) is 14.4. The summed E-state index contributed by atoms with van der Waals surface area (Å²) in [6.07, 6.45) is 1.11. The first-order valence-electron chi connectivity index (χ1n) is 13.1. The summed E-state index contributed by atoms with van der Waals surface area (Å²) < 4.78 is 5.56. The number of carbonyl (C=O) groups excluding carboxylic acids is 5. The molecule has 10 nitrogen and oxygen atoms in total. The standard InChI is InChI=1S/C28H42N4O6.CH4/c1-19-17-22(10-11-23(19)26(36)32(18-34)24(9-8-16-33)25(35)29-7)31-14-12-30(13-15-31)21(3)20(2)27(37)38-28(4,5)6;/h10-11,16-18,20-21,24H,8-9,12-15H2,1-7H3,(H,29,35);1H4. The topological polar surface area (TPSA) is 116 Å². The molecule has 0 saturated carbocycles. The van der Waals surface area contributed by atoms with Gasteiger partial charge in [-0.1, -0.05) is 14.4 Å². The van der Waals surface area contributed by atoms with E-state index in [4.69, 9.17) is 4.74 Å². The van der Waals surface area contributed by atoms with Gasteiger partial charge in [-0.25, -0.2) is 0 Å². The molecule has 1 saturated heterocycles. The average molecular weight is 547 g/mol. The van der Waals surface area contributed by atoms with Crippen LogP contribution >= 0.6 is 0 Å². The van der Waals surface area contributed by atoms with Gasteiger partial charge >= 0.3 is 5.97 Å². The van der Waals surface area contributed by atoms with Crippen LogP contribution in [-0.2, 0) is 23.9 Å². The van der Waals surface area contributed by atoms with Crippen molar-refractivity contribution in [3.63, 3.8) is 0 Å². The number of anilines is 1. The van der Waals surface area contributed by atoms with Gasteiger partial charge in [0, 0.05) is 56.9 Å². The summed E-state index contributed by atoms with van der Waals surface area (Å²) in [5, 5.41) is 2.45. The highest BCUT2D eigenvalue weighted by atomic mass is 16.6. The van der Waals surface area contributed by atoms with Crippen molar-refractivity contribution < 1.29 is 28.7 Å². The maximum absolute atomic E-state index is 13.2. The van der Waals surface area contributed by atoms with Crippen molar-refractivity contribution in [3.05, 3.63) is 29.3 Å². The third-order valence-corrected chi connectivity index (χ3v) is 6.99. The third kappa shape index (κ3) is 8.88. The number of hydrogen-bond acceptors (Lipinski definition) is 8. The molecule has 3 unspecified atom stereocenters. The smallest absolute Gasteiger partial charge is 0.310 e. The number of benzene rings is 1. The van der Waals surface area contributed by atoms with E-state index >= 15 is 0 Å². The molecule has 39 heavy (non-hydrogen) atoms. The van der Waals surface area contributed by atoms with Gasteiger partial charge in [0.25, 0.3) is 5.91 Å². The number of aryl methyl sites for hydroxylation is 1. The number of imide groups is 1. The van der Waals surface area contributed by atoms with Gasteiger partial charge in [0.05, 0.1) is 5.92 Å². The molecular formula is C29H46N4O6. The quantitative estimate of drug-likeness (QED) is 0.333. The lowest BCUT2D eigenvalue weighted by molar-refractivity contribution is -0.161. The van der Waals surface area contributed by atoms with Crippen LogP contribution in [0.2, 0.25) is 0 Å². The molecule has 10 heteroatoms. The summed E-state index contributed by atoms with van der Waals surface area (Å²) in [5.41, 5.74) is 1.43. The Morgan fingerprint density at radius 3 is 2.21 bits per heavy atom. The van der Waals surface area contributed by atoms with Crippen LogP contribution in [0, 0.1) is 12.8 Å². The van der Waals surface area contributed by atoms with E-state index in [1.54, 1.807) is 13.0 Å². The van der Waals surface area contributed by atoms with E-state index in [0.29, 0.717) is 23.8 Å². The number of aldehydes is 1. The summed E-state index contributed by atoms with van der Waals surface area (Å²) >= 11 is 0. The van der Waals surface area contributed by atoms with Crippen molar-refractivity contribution in [3.8, 4) is 0 Å². The van der Waals surface area contributed by atoms with Crippen LogP contribution in [0.4, 0.5) is 5.69 Å². The van der Waals surface area contributed by atoms with E-state index in [1.165, 1.54) is 7.05 Å². The van der Waals surface area contributed by atoms with Crippen molar-refractivity contribution in [2.75, 3.05) is 38.1 Å². The predicted octanol–water partition coefficient (Wildman–Crippen LogP) is 2.81. The van der Waals surface area contributed by atoms with Crippen LogP contribution in [0.5, 0.6) is 0 Å². The number of nitrogens with zero attached hydrogens (tertiary/aromatic N) is 3. The molecule has 1 aliphatic heterocycles. The Hall–Kier alpha value is -3.27. The van der Waals surface area contributed by atoms with E-state index in [0.717, 1.165) is 36.8 Å². The Balaban J connectivity index is 0.00000760. The molecule has 3 atom stereocenters. The maximum atomic E-state index is 13.2. The Morgan fingerprint density at radius 2 is 1.72 bits per heavy atom. The van der Waals surface area contributed by atoms with Crippen molar-refractivity contribution in [1.82, 2.24) is 15.1 Å². The first kappa shape index (κ1) is 33.8. The first-order valence-corrected chi connectivity index (χ1v) is 13.1. The van der Waals surface area contributed by atoms with Gasteiger partial charge in [0.2, 0.25) is 12.3 Å². The van der Waals surface area contributed by atoms with E-state index in [2.05, 4.69) is 22.0 Å². The van der Waals surface area contributed by atoms with Crippen molar-refractivity contribution >= 4 is 36.2 Å². The van der Waals surface area contributed by atoms with Gasteiger partial charge in [-0.15, -0.1) is 0 Å². The Morgan fingerprint density at radius 1 is 1.10 bits per heavy atom. The number of rotatable bonds is 11.